The highest BCUT2D eigenvalue weighted by atomic mass is 16.5. The molecule has 10 heteroatoms. The summed E-state index contributed by atoms with van der Waals surface area (Å²) in [4.78, 5) is 39.3. The highest BCUT2D eigenvalue weighted by Crippen LogP contribution is 2.36. The average molecular weight is 507 g/mol. The predicted octanol–water partition coefficient (Wildman–Crippen LogP) is 4.39. The number of nitrogens with one attached hydrogen (secondary N) is 1. The van der Waals surface area contributed by atoms with Gasteiger partial charge in [0.15, 0.2) is 0 Å². The number of rotatable bonds is 6. The number of anilines is 2. The summed E-state index contributed by atoms with van der Waals surface area (Å²) in [7, 11) is 2.86. The van der Waals surface area contributed by atoms with Gasteiger partial charge in [-0.05, 0) is 36.2 Å². The van der Waals surface area contributed by atoms with Crippen LogP contribution in [0.25, 0.3) is 11.1 Å². The van der Waals surface area contributed by atoms with Gasteiger partial charge in [0.25, 0.3) is 0 Å². The zero-order chi connectivity index (χ0) is 26.9. The second kappa shape index (κ2) is 9.96. The van der Waals surface area contributed by atoms with Crippen LogP contribution in [-0.2, 0) is 14.9 Å². The quantitative estimate of drug-likeness (QED) is 0.472. The zero-order valence-corrected chi connectivity index (χ0v) is 21.4. The summed E-state index contributed by atoms with van der Waals surface area (Å²) in [5, 5.41) is 17.0. The highest BCUT2D eigenvalue weighted by molar-refractivity contribution is 6.04. The topological polar surface area (TPSA) is 123 Å². The number of carbonyl (C=O) groups is 3. The van der Waals surface area contributed by atoms with Crippen molar-refractivity contribution in [2.45, 2.75) is 38.6 Å². The Morgan fingerprint density at radius 1 is 1.11 bits per heavy atom. The summed E-state index contributed by atoms with van der Waals surface area (Å²) in [6.45, 7) is 6.20. The maximum Gasteiger partial charge on any atom is 0.432 e. The molecule has 10 nitrogen and oxygen atoms in total. The van der Waals surface area contributed by atoms with Crippen LogP contribution in [0.2, 0.25) is 0 Å². The van der Waals surface area contributed by atoms with E-state index in [4.69, 9.17) is 9.47 Å². The van der Waals surface area contributed by atoms with Crippen molar-refractivity contribution in [3.8, 4) is 16.9 Å². The van der Waals surface area contributed by atoms with Crippen LogP contribution in [-0.4, -0.2) is 59.7 Å². The first-order valence-corrected chi connectivity index (χ1v) is 11.8. The third-order valence-electron chi connectivity index (χ3n) is 6.25. The van der Waals surface area contributed by atoms with Gasteiger partial charge in [-0.25, -0.2) is 9.59 Å². The van der Waals surface area contributed by atoms with Gasteiger partial charge < -0.3 is 24.8 Å². The van der Waals surface area contributed by atoms with Gasteiger partial charge in [0.2, 0.25) is 5.91 Å². The van der Waals surface area contributed by atoms with Crippen molar-refractivity contribution in [3.63, 3.8) is 0 Å². The van der Waals surface area contributed by atoms with Crippen molar-refractivity contribution in [1.82, 2.24) is 9.78 Å². The summed E-state index contributed by atoms with van der Waals surface area (Å²) < 4.78 is 11.1. The van der Waals surface area contributed by atoms with Crippen molar-refractivity contribution in [2.75, 3.05) is 31.0 Å². The fraction of sp³-hybridized carbons (Fsp3) is 0.333. The molecule has 0 spiro atoms. The van der Waals surface area contributed by atoms with E-state index in [1.807, 2.05) is 45.0 Å². The Morgan fingerprint density at radius 2 is 1.86 bits per heavy atom. The molecule has 1 amide bonds. The van der Waals surface area contributed by atoms with Gasteiger partial charge in [-0.2, -0.15) is 9.78 Å². The molecule has 194 valence electrons. The van der Waals surface area contributed by atoms with Crippen molar-refractivity contribution in [3.05, 3.63) is 59.9 Å². The molecule has 1 atom stereocenters. The zero-order valence-electron chi connectivity index (χ0n) is 21.4. The summed E-state index contributed by atoms with van der Waals surface area (Å²) in [6.07, 6.45) is 0.731. The summed E-state index contributed by atoms with van der Waals surface area (Å²) in [5.41, 5.74) is 2.55. The molecule has 0 radical (unpaired) electrons. The van der Waals surface area contributed by atoms with Crippen LogP contribution in [0.1, 0.15) is 43.2 Å². The number of methoxy groups -OCH3 is 2. The average Bonchev–Trinajstić information content (AvgIpc) is 3.48. The second-order valence-electron chi connectivity index (χ2n) is 9.80. The van der Waals surface area contributed by atoms with Crippen LogP contribution in [0.5, 0.6) is 5.75 Å². The van der Waals surface area contributed by atoms with E-state index in [-0.39, 0.29) is 11.5 Å². The molecule has 0 saturated carbocycles. The minimum absolute atomic E-state index is 0.125. The van der Waals surface area contributed by atoms with Crippen molar-refractivity contribution in [1.29, 1.82) is 0 Å². The molecule has 3 aromatic rings. The maximum absolute atomic E-state index is 13.3. The lowest BCUT2D eigenvalue weighted by molar-refractivity contribution is -0.117. The Hall–Kier alpha value is -4.34. The van der Waals surface area contributed by atoms with E-state index in [0.717, 1.165) is 10.4 Å². The lowest BCUT2D eigenvalue weighted by atomic mass is 9.86. The fourth-order valence-electron chi connectivity index (χ4n) is 4.42. The first-order valence-electron chi connectivity index (χ1n) is 11.8. The van der Waals surface area contributed by atoms with E-state index in [0.29, 0.717) is 41.2 Å². The third-order valence-corrected chi connectivity index (χ3v) is 6.25. The minimum Gasteiger partial charge on any atom is -0.497 e. The number of amides is 1. The maximum atomic E-state index is 13.3. The lowest BCUT2D eigenvalue weighted by Crippen LogP contribution is -2.33. The normalized spacial score (nSPS) is 15.5. The molecular weight excluding hydrogens is 476 g/mol. The van der Waals surface area contributed by atoms with Crippen LogP contribution in [0.4, 0.5) is 16.2 Å². The first-order chi connectivity index (χ1) is 17.5. The fourth-order valence-corrected chi connectivity index (χ4v) is 4.42. The Bertz CT molecular complexity index is 1360. The number of hydrogen-bond donors (Lipinski definition) is 2. The molecule has 37 heavy (non-hydrogen) atoms. The molecule has 1 aromatic heterocycles. The van der Waals surface area contributed by atoms with E-state index < -0.39 is 23.5 Å². The van der Waals surface area contributed by atoms with Gasteiger partial charge in [0.1, 0.15) is 11.8 Å². The SMILES string of the molecule is COC(=O)c1cc(N2CCC(Nc3cccc(OC)c3)C2=O)ccc1-c1cn(C(=O)O)nc1C(C)(C)C. The van der Waals surface area contributed by atoms with E-state index in [1.54, 1.807) is 30.2 Å². The summed E-state index contributed by atoms with van der Waals surface area (Å²) in [6, 6.07) is 12.0. The van der Waals surface area contributed by atoms with Crippen LogP contribution >= 0.6 is 0 Å². The Kier molecular flexibility index (Phi) is 6.93. The van der Waals surface area contributed by atoms with E-state index in [2.05, 4.69) is 10.4 Å². The molecule has 1 aliphatic rings. The number of hydrogen-bond acceptors (Lipinski definition) is 7. The number of nitrogens with zero attached hydrogens (tertiary/aromatic N) is 3. The number of aromatic nitrogens is 2. The van der Waals surface area contributed by atoms with E-state index in [1.165, 1.54) is 13.3 Å². The molecule has 1 saturated heterocycles. The van der Waals surface area contributed by atoms with E-state index >= 15 is 0 Å². The Morgan fingerprint density at radius 3 is 2.51 bits per heavy atom. The summed E-state index contributed by atoms with van der Waals surface area (Å²) >= 11 is 0. The lowest BCUT2D eigenvalue weighted by Gasteiger charge is -2.21. The number of ether oxygens (including phenoxy) is 2. The van der Waals surface area contributed by atoms with Gasteiger partial charge in [-0.1, -0.05) is 32.9 Å². The Balaban J connectivity index is 1.69. The van der Waals surface area contributed by atoms with Gasteiger partial charge in [-0.15, -0.1) is 0 Å². The molecule has 1 fully saturated rings. The number of benzene rings is 2. The molecule has 1 aliphatic heterocycles. The minimum atomic E-state index is -1.23. The van der Waals surface area contributed by atoms with Crippen molar-refractivity contribution < 1.29 is 29.0 Å². The highest BCUT2D eigenvalue weighted by Gasteiger charge is 2.34. The molecule has 2 aromatic carbocycles. The second-order valence-corrected chi connectivity index (χ2v) is 9.80. The van der Waals surface area contributed by atoms with Crippen molar-refractivity contribution >= 4 is 29.3 Å². The monoisotopic (exact) mass is 506 g/mol. The van der Waals surface area contributed by atoms with Gasteiger partial charge in [0.05, 0.1) is 25.5 Å². The number of carboxylic acid groups (broad SMARTS) is 1. The van der Waals surface area contributed by atoms with Crippen LogP contribution in [0.15, 0.2) is 48.7 Å². The molecule has 2 N–H and O–H groups in total. The number of carbonyl (C=O) groups excluding carboxylic acids is 2. The summed E-state index contributed by atoms with van der Waals surface area (Å²) in [5.74, 6) is -0.0376. The molecule has 4 rings (SSSR count). The standard InChI is InChI=1S/C27H30N4O6/c1-27(2,3)23-21(15-31(29-23)26(34)35)19-10-9-17(14-20(19)25(33)37-5)30-12-11-22(24(30)32)28-16-7-6-8-18(13-16)36-4/h6-10,13-15,22,28H,11-12H2,1-5H3,(H,34,35). The van der Waals surface area contributed by atoms with Gasteiger partial charge in [-0.3, -0.25) is 4.79 Å². The smallest absolute Gasteiger partial charge is 0.432 e. The molecule has 0 bridgehead atoms. The van der Waals surface area contributed by atoms with E-state index in [9.17, 15) is 19.5 Å². The third kappa shape index (κ3) is 5.13. The van der Waals surface area contributed by atoms with Crippen LogP contribution in [0, 0.1) is 0 Å². The predicted molar refractivity (Wildman–Crippen MR) is 138 cm³/mol. The first kappa shape index (κ1) is 25.7. The van der Waals surface area contributed by atoms with Gasteiger partial charge >= 0.3 is 12.1 Å². The molecular formula is C27H30N4O6. The molecule has 2 heterocycles. The Labute approximate surface area is 214 Å². The number of esters is 1. The molecule has 0 aliphatic carbocycles. The molecule has 1 unspecified atom stereocenters. The van der Waals surface area contributed by atoms with Crippen LogP contribution in [0.3, 0.4) is 0 Å². The van der Waals surface area contributed by atoms with Crippen LogP contribution < -0.4 is 15.0 Å². The largest absolute Gasteiger partial charge is 0.497 e. The van der Waals surface area contributed by atoms with Gasteiger partial charge in [0, 0.05) is 41.2 Å². The van der Waals surface area contributed by atoms with Crippen molar-refractivity contribution in [2.24, 2.45) is 0 Å².